The van der Waals surface area contributed by atoms with E-state index in [-0.39, 0.29) is 23.3 Å². The lowest BCUT2D eigenvalue weighted by molar-refractivity contribution is -0.137. The summed E-state index contributed by atoms with van der Waals surface area (Å²) in [6.45, 7) is 3.20. The summed E-state index contributed by atoms with van der Waals surface area (Å²) in [5.74, 6) is -1.64. The van der Waals surface area contributed by atoms with Gasteiger partial charge in [0, 0.05) is 17.5 Å². The molecule has 0 aromatic heterocycles. The van der Waals surface area contributed by atoms with Crippen molar-refractivity contribution in [3.05, 3.63) is 29.8 Å². The van der Waals surface area contributed by atoms with Crippen LogP contribution in [0.2, 0.25) is 0 Å². The number of nitrogens with one attached hydrogen (secondary N) is 1. The van der Waals surface area contributed by atoms with Crippen LogP contribution in [0, 0.1) is 0 Å². The number of nitrogens with two attached hydrogens (primary N) is 1. The predicted octanol–water partition coefficient (Wildman–Crippen LogP) is 0.707. The second-order valence-corrected chi connectivity index (χ2v) is 6.95. The molecule has 0 aliphatic rings. The molecule has 0 unspecified atom stereocenters. The highest BCUT2D eigenvalue weighted by Crippen LogP contribution is 2.17. The van der Waals surface area contributed by atoms with Crippen LogP contribution in [0.15, 0.2) is 29.2 Å². The fraction of sp³-hybridized carbons (Fsp3) is 0.385. The molecule has 0 bridgehead atoms. The summed E-state index contributed by atoms with van der Waals surface area (Å²) < 4.78 is 26.8. The number of carboxylic acid groups (broad SMARTS) is 1. The molecule has 0 aliphatic carbocycles. The Balaban J connectivity index is 2.90. The standard InChI is InChI=1S/C13H18N2O5S/c1-13(2,8-7-11(16)17)15-21(19,20)10-5-3-9(4-6-10)12(14)18/h3-6,15H,7-8H2,1-2H3,(H2,14,18)(H,16,17). The molecule has 0 spiro atoms. The molecule has 1 aromatic rings. The zero-order valence-electron chi connectivity index (χ0n) is 11.8. The van der Waals surface area contributed by atoms with Gasteiger partial charge in [0.1, 0.15) is 0 Å². The minimum atomic E-state index is -3.80. The van der Waals surface area contributed by atoms with Gasteiger partial charge in [0.25, 0.3) is 0 Å². The third-order valence-corrected chi connectivity index (χ3v) is 4.54. The maximum atomic E-state index is 12.2. The van der Waals surface area contributed by atoms with Gasteiger partial charge in [-0.05, 0) is 44.5 Å². The first-order chi connectivity index (χ1) is 9.53. The molecular weight excluding hydrogens is 296 g/mol. The highest BCUT2D eigenvalue weighted by molar-refractivity contribution is 7.89. The quantitative estimate of drug-likeness (QED) is 0.683. The molecule has 0 saturated carbocycles. The summed E-state index contributed by atoms with van der Waals surface area (Å²) in [4.78, 5) is 21.5. The van der Waals surface area contributed by atoms with E-state index < -0.39 is 27.4 Å². The molecule has 116 valence electrons. The van der Waals surface area contributed by atoms with Crippen LogP contribution in [0.4, 0.5) is 0 Å². The van der Waals surface area contributed by atoms with Crippen molar-refractivity contribution in [2.24, 2.45) is 5.73 Å². The summed E-state index contributed by atoms with van der Waals surface area (Å²) in [5.41, 5.74) is 4.39. The van der Waals surface area contributed by atoms with Gasteiger partial charge in [-0.3, -0.25) is 9.59 Å². The molecule has 1 rings (SSSR count). The number of carbonyl (C=O) groups excluding carboxylic acids is 1. The number of rotatable bonds is 7. The summed E-state index contributed by atoms with van der Waals surface area (Å²) in [6, 6.07) is 5.19. The summed E-state index contributed by atoms with van der Waals surface area (Å²) in [5, 5.41) is 8.65. The van der Waals surface area contributed by atoms with E-state index in [1.54, 1.807) is 13.8 Å². The summed E-state index contributed by atoms with van der Waals surface area (Å²) in [6.07, 6.45) is 0.0110. The average molecular weight is 314 g/mol. The topological polar surface area (TPSA) is 127 Å². The van der Waals surface area contributed by atoms with Gasteiger partial charge >= 0.3 is 5.97 Å². The Kier molecular flexibility index (Phi) is 5.08. The molecule has 7 nitrogen and oxygen atoms in total. The van der Waals surface area contributed by atoms with Crippen molar-refractivity contribution >= 4 is 21.9 Å². The van der Waals surface area contributed by atoms with E-state index >= 15 is 0 Å². The van der Waals surface area contributed by atoms with Crippen molar-refractivity contribution in [3.8, 4) is 0 Å². The van der Waals surface area contributed by atoms with Crippen molar-refractivity contribution < 1.29 is 23.1 Å². The van der Waals surface area contributed by atoms with E-state index in [2.05, 4.69) is 4.72 Å². The Morgan fingerprint density at radius 3 is 2.19 bits per heavy atom. The van der Waals surface area contributed by atoms with Crippen LogP contribution >= 0.6 is 0 Å². The van der Waals surface area contributed by atoms with E-state index in [9.17, 15) is 18.0 Å². The smallest absolute Gasteiger partial charge is 0.303 e. The minimum absolute atomic E-state index is 0.0177. The molecule has 1 amide bonds. The zero-order chi connectivity index (χ0) is 16.3. The lowest BCUT2D eigenvalue weighted by atomic mass is 10.0. The van der Waals surface area contributed by atoms with Crippen molar-refractivity contribution in [2.75, 3.05) is 0 Å². The molecule has 21 heavy (non-hydrogen) atoms. The van der Waals surface area contributed by atoms with Crippen molar-refractivity contribution in [2.45, 2.75) is 37.1 Å². The van der Waals surface area contributed by atoms with Gasteiger partial charge in [-0.25, -0.2) is 13.1 Å². The van der Waals surface area contributed by atoms with Gasteiger partial charge in [0.2, 0.25) is 15.9 Å². The van der Waals surface area contributed by atoms with E-state index in [0.29, 0.717) is 0 Å². The number of sulfonamides is 1. The number of hydrogen-bond donors (Lipinski definition) is 3. The van der Waals surface area contributed by atoms with Crippen LogP contribution < -0.4 is 10.5 Å². The van der Waals surface area contributed by atoms with Gasteiger partial charge in [0.15, 0.2) is 0 Å². The van der Waals surface area contributed by atoms with Crippen molar-refractivity contribution in [3.63, 3.8) is 0 Å². The third-order valence-electron chi connectivity index (χ3n) is 2.82. The highest BCUT2D eigenvalue weighted by atomic mass is 32.2. The number of carbonyl (C=O) groups is 2. The number of aliphatic carboxylic acids is 1. The Labute approximate surface area is 123 Å². The largest absolute Gasteiger partial charge is 0.481 e. The van der Waals surface area contributed by atoms with Gasteiger partial charge in [-0.15, -0.1) is 0 Å². The molecule has 0 heterocycles. The van der Waals surface area contributed by atoms with Crippen LogP contribution in [0.5, 0.6) is 0 Å². The Bertz CT molecular complexity index is 635. The van der Waals surface area contributed by atoms with Crippen LogP contribution in [-0.4, -0.2) is 30.9 Å². The first kappa shape index (κ1) is 17.1. The number of amides is 1. The van der Waals surface area contributed by atoms with Gasteiger partial charge in [-0.1, -0.05) is 0 Å². The van der Waals surface area contributed by atoms with E-state index in [0.717, 1.165) is 0 Å². The molecule has 0 aliphatic heterocycles. The number of benzene rings is 1. The maximum absolute atomic E-state index is 12.2. The van der Waals surface area contributed by atoms with Crippen LogP contribution in [-0.2, 0) is 14.8 Å². The molecule has 4 N–H and O–H groups in total. The van der Waals surface area contributed by atoms with Gasteiger partial charge < -0.3 is 10.8 Å². The summed E-state index contributed by atoms with van der Waals surface area (Å²) >= 11 is 0. The predicted molar refractivity (Wildman–Crippen MR) is 76.2 cm³/mol. The van der Waals surface area contributed by atoms with Gasteiger partial charge in [-0.2, -0.15) is 0 Å². The zero-order valence-corrected chi connectivity index (χ0v) is 12.6. The Morgan fingerprint density at radius 1 is 1.24 bits per heavy atom. The van der Waals surface area contributed by atoms with Crippen molar-refractivity contribution in [1.82, 2.24) is 4.72 Å². The Morgan fingerprint density at radius 2 is 1.76 bits per heavy atom. The van der Waals surface area contributed by atoms with Gasteiger partial charge in [0.05, 0.1) is 4.90 Å². The lowest BCUT2D eigenvalue weighted by Gasteiger charge is -2.25. The average Bonchev–Trinajstić information content (AvgIpc) is 2.35. The first-order valence-electron chi connectivity index (χ1n) is 6.19. The molecule has 1 aromatic carbocycles. The third kappa shape index (κ3) is 5.16. The molecule has 0 atom stereocenters. The number of primary amides is 1. The number of carboxylic acids is 1. The highest BCUT2D eigenvalue weighted by Gasteiger charge is 2.26. The number of hydrogen-bond acceptors (Lipinski definition) is 4. The molecule has 0 fully saturated rings. The second-order valence-electron chi connectivity index (χ2n) is 5.27. The Hall–Kier alpha value is -1.93. The van der Waals surface area contributed by atoms with Crippen LogP contribution in [0.1, 0.15) is 37.0 Å². The van der Waals surface area contributed by atoms with Crippen LogP contribution in [0.3, 0.4) is 0 Å². The minimum Gasteiger partial charge on any atom is -0.481 e. The first-order valence-corrected chi connectivity index (χ1v) is 7.67. The van der Waals surface area contributed by atoms with Crippen LogP contribution in [0.25, 0.3) is 0 Å². The molecule has 8 heteroatoms. The lowest BCUT2D eigenvalue weighted by Crippen LogP contribution is -2.43. The SMILES string of the molecule is CC(C)(CCC(=O)O)NS(=O)(=O)c1ccc(C(N)=O)cc1. The summed E-state index contributed by atoms with van der Waals surface area (Å²) in [7, 11) is -3.80. The fourth-order valence-corrected chi connectivity index (χ4v) is 3.13. The second kappa shape index (κ2) is 6.23. The molecular formula is C13H18N2O5S. The monoisotopic (exact) mass is 314 g/mol. The molecule has 0 radical (unpaired) electrons. The van der Waals surface area contributed by atoms with Crippen molar-refractivity contribution in [1.29, 1.82) is 0 Å². The van der Waals surface area contributed by atoms with E-state index in [1.165, 1.54) is 24.3 Å². The van der Waals surface area contributed by atoms with E-state index in [1.807, 2.05) is 0 Å². The normalized spacial score (nSPS) is 12.1. The maximum Gasteiger partial charge on any atom is 0.303 e. The molecule has 0 saturated heterocycles. The fourth-order valence-electron chi connectivity index (χ4n) is 1.69. The van der Waals surface area contributed by atoms with E-state index in [4.69, 9.17) is 10.8 Å².